The maximum Gasteiger partial charge on any atom is 0.313 e. The Morgan fingerprint density at radius 3 is 2.32 bits per heavy atom. The number of hydrogen-bond donors (Lipinski definition) is 1. The molecule has 1 aliphatic rings. The predicted octanol–water partition coefficient (Wildman–Crippen LogP) is 3.34. The summed E-state index contributed by atoms with van der Waals surface area (Å²) in [5, 5.41) is 10.2. The third-order valence-electron chi connectivity index (χ3n) is 4.07. The third kappa shape index (κ3) is 2.16. The first-order chi connectivity index (χ1) is 10.5. The lowest BCUT2D eigenvalue weighted by Gasteiger charge is -2.38. The molecule has 0 aliphatic carbocycles. The normalized spacial score (nSPS) is 20.6. The molecule has 112 valence electrons. The largest absolute Gasteiger partial charge is 0.481 e. The lowest BCUT2D eigenvalue weighted by Crippen LogP contribution is -2.42. The van der Waals surface area contributed by atoms with Gasteiger partial charge in [0.1, 0.15) is 5.92 Å². The van der Waals surface area contributed by atoms with Crippen LogP contribution in [0.2, 0.25) is 5.02 Å². The van der Waals surface area contributed by atoms with Gasteiger partial charge >= 0.3 is 5.97 Å². The fourth-order valence-corrected chi connectivity index (χ4v) is 3.29. The minimum Gasteiger partial charge on any atom is -0.481 e. The molecule has 1 aliphatic heterocycles. The molecular formula is C17H14ClNO3. The highest BCUT2D eigenvalue weighted by Crippen LogP contribution is 2.43. The smallest absolute Gasteiger partial charge is 0.313 e. The fourth-order valence-electron chi connectivity index (χ4n) is 3.04. The Balaban J connectivity index is 2.24. The predicted molar refractivity (Wildman–Crippen MR) is 83.1 cm³/mol. The highest BCUT2D eigenvalue weighted by Gasteiger charge is 2.43. The Kier molecular flexibility index (Phi) is 3.62. The molecule has 0 saturated heterocycles. The van der Waals surface area contributed by atoms with Gasteiger partial charge in [-0.2, -0.15) is 0 Å². The average molecular weight is 316 g/mol. The number of benzene rings is 2. The van der Waals surface area contributed by atoms with Crippen LogP contribution in [0, 0.1) is 0 Å². The Bertz CT molecular complexity index is 759. The summed E-state index contributed by atoms with van der Waals surface area (Å²) in [6.45, 7) is 0. The zero-order chi connectivity index (χ0) is 15.9. The van der Waals surface area contributed by atoms with Crippen LogP contribution in [0.1, 0.15) is 33.4 Å². The summed E-state index contributed by atoms with van der Waals surface area (Å²) in [6, 6.07) is 13.2. The van der Waals surface area contributed by atoms with Crippen LogP contribution in [-0.2, 0) is 4.79 Å². The minimum atomic E-state index is -0.975. The van der Waals surface area contributed by atoms with Gasteiger partial charge in [-0.15, -0.1) is 0 Å². The fraction of sp³-hybridized carbons (Fsp3) is 0.176. The van der Waals surface area contributed by atoms with E-state index in [9.17, 15) is 14.7 Å². The number of halogens is 1. The monoisotopic (exact) mass is 315 g/mol. The van der Waals surface area contributed by atoms with Crippen LogP contribution in [0.5, 0.6) is 0 Å². The van der Waals surface area contributed by atoms with E-state index in [2.05, 4.69) is 0 Å². The number of aliphatic carboxylic acids is 1. The lowest BCUT2D eigenvalue weighted by molar-refractivity contribution is -0.140. The van der Waals surface area contributed by atoms with Gasteiger partial charge in [0.15, 0.2) is 0 Å². The standard InChI is InChI=1S/C17H14ClNO3/c1-19-15(12-8-4-5-9-13(12)18)14(17(21)22)10-6-2-3-7-11(10)16(19)20/h2-9,14-15H,1H3,(H,21,22)/t14-,15-/m1/s1. The van der Waals surface area contributed by atoms with Crippen molar-refractivity contribution in [2.45, 2.75) is 12.0 Å². The van der Waals surface area contributed by atoms with Crippen molar-refractivity contribution in [2.75, 3.05) is 7.05 Å². The molecule has 4 nitrogen and oxygen atoms in total. The molecule has 0 bridgehead atoms. The van der Waals surface area contributed by atoms with Gasteiger partial charge in [-0.05, 0) is 23.3 Å². The summed E-state index contributed by atoms with van der Waals surface area (Å²) >= 11 is 6.24. The molecule has 2 aromatic carbocycles. The highest BCUT2D eigenvalue weighted by molar-refractivity contribution is 6.31. The molecule has 2 aromatic rings. The maximum atomic E-state index is 12.6. The second kappa shape index (κ2) is 5.46. The van der Waals surface area contributed by atoms with Crippen LogP contribution in [0.3, 0.4) is 0 Å². The zero-order valence-corrected chi connectivity index (χ0v) is 12.6. The summed E-state index contributed by atoms with van der Waals surface area (Å²) in [5.41, 5.74) is 1.60. The van der Waals surface area contributed by atoms with Gasteiger partial charge in [0.25, 0.3) is 5.91 Å². The summed E-state index contributed by atoms with van der Waals surface area (Å²) in [5.74, 6) is -2.02. The number of fused-ring (bicyclic) bond motifs is 1. The molecule has 5 heteroatoms. The van der Waals surface area contributed by atoms with E-state index >= 15 is 0 Å². The van der Waals surface area contributed by atoms with Crippen LogP contribution < -0.4 is 0 Å². The number of hydrogen-bond acceptors (Lipinski definition) is 2. The van der Waals surface area contributed by atoms with E-state index in [1.807, 2.05) is 0 Å². The van der Waals surface area contributed by atoms with Crippen LogP contribution >= 0.6 is 11.6 Å². The van der Waals surface area contributed by atoms with E-state index in [1.165, 1.54) is 4.90 Å². The topological polar surface area (TPSA) is 57.6 Å². The van der Waals surface area contributed by atoms with Gasteiger partial charge in [0.2, 0.25) is 0 Å². The average Bonchev–Trinajstić information content (AvgIpc) is 2.51. The number of rotatable bonds is 2. The minimum absolute atomic E-state index is 0.196. The Hall–Kier alpha value is -2.33. The molecule has 0 aromatic heterocycles. The number of carboxylic acids is 1. The second-order valence-corrected chi connectivity index (χ2v) is 5.69. The number of carboxylic acid groups (broad SMARTS) is 1. The van der Waals surface area contributed by atoms with E-state index < -0.39 is 17.9 Å². The first kappa shape index (κ1) is 14.6. The molecule has 1 N–H and O–H groups in total. The summed E-state index contributed by atoms with van der Waals surface area (Å²) in [4.78, 5) is 25.9. The van der Waals surface area contributed by atoms with Crippen LogP contribution in [0.4, 0.5) is 0 Å². The van der Waals surface area contributed by atoms with Crippen molar-refractivity contribution in [2.24, 2.45) is 0 Å². The molecule has 2 atom stereocenters. The van der Waals surface area contributed by atoms with Crippen molar-refractivity contribution in [3.63, 3.8) is 0 Å². The summed E-state index contributed by atoms with van der Waals surface area (Å²) < 4.78 is 0. The van der Waals surface area contributed by atoms with Gasteiger partial charge < -0.3 is 10.0 Å². The molecule has 0 saturated carbocycles. The van der Waals surface area contributed by atoms with Gasteiger partial charge in [-0.25, -0.2) is 0 Å². The van der Waals surface area contributed by atoms with Crippen LogP contribution in [-0.4, -0.2) is 28.9 Å². The van der Waals surface area contributed by atoms with Gasteiger partial charge in [-0.1, -0.05) is 48.0 Å². The lowest BCUT2D eigenvalue weighted by atomic mass is 9.80. The second-order valence-electron chi connectivity index (χ2n) is 5.29. The van der Waals surface area contributed by atoms with Gasteiger partial charge in [-0.3, -0.25) is 9.59 Å². The highest BCUT2D eigenvalue weighted by atomic mass is 35.5. The Morgan fingerprint density at radius 2 is 1.68 bits per heavy atom. The number of likely N-dealkylation sites (N-methyl/N-ethyl adjacent to an activating group) is 1. The van der Waals surface area contributed by atoms with E-state index in [0.29, 0.717) is 21.7 Å². The van der Waals surface area contributed by atoms with Crippen LogP contribution in [0.15, 0.2) is 48.5 Å². The number of nitrogens with zero attached hydrogens (tertiary/aromatic N) is 1. The maximum absolute atomic E-state index is 12.6. The number of amides is 1. The van der Waals surface area contributed by atoms with Crippen molar-refractivity contribution in [1.29, 1.82) is 0 Å². The molecule has 0 fully saturated rings. The van der Waals surface area contributed by atoms with E-state index in [4.69, 9.17) is 11.6 Å². The quantitative estimate of drug-likeness (QED) is 0.924. The van der Waals surface area contributed by atoms with Crippen molar-refractivity contribution in [3.05, 3.63) is 70.2 Å². The SMILES string of the molecule is CN1C(=O)c2ccccc2[C@@H](C(=O)O)[C@H]1c1ccccc1Cl. The van der Waals surface area contributed by atoms with Crippen molar-refractivity contribution in [3.8, 4) is 0 Å². The molecule has 0 unspecified atom stereocenters. The Morgan fingerprint density at radius 1 is 1.09 bits per heavy atom. The van der Waals surface area contributed by atoms with E-state index in [0.717, 1.165) is 0 Å². The summed E-state index contributed by atoms with van der Waals surface area (Å²) in [6.07, 6.45) is 0. The van der Waals surface area contributed by atoms with Gasteiger partial charge in [0.05, 0.1) is 6.04 Å². The van der Waals surface area contributed by atoms with Crippen LogP contribution in [0.25, 0.3) is 0 Å². The third-order valence-corrected chi connectivity index (χ3v) is 4.41. The molecule has 1 heterocycles. The first-order valence-corrected chi connectivity index (χ1v) is 7.23. The molecular weight excluding hydrogens is 302 g/mol. The number of carbonyl (C=O) groups is 2. The molecule has 0 spiro atoms. The molecule has 22 heavy (non-hydrogen) atoms. The van der Waals surface area contributed by atoms with Crippen molar-refractivity contribution in [1.82, 2.24) is 4.90 Å². The van der Waals surface area contributed by atoms with Crippen molar-refractivity contribution < 1.29 is 14.7 Å². The Labute approximate surface area is 132 Å². The number of carbonyl (C=O) groups excluding carboxylic acids is 1. The van der Waals surface area contributed by atoms with E-state index in [1.54, 1.807) is 55.6 Å². The van der Waals surface area contributed by atoms with Gasteiger partial charge in [0, 0.05) is 17.6 Å². The zero-order valence-electron chi connectivity index (χ0n) is 11.9. The van der Waals surface area contributed by atoms with Crippen molar-refractivity contribution >= 4 is 23.5 Å². The summed E-state index contributed by atoms with van der Waals surface area (Å²) in [7, 11) is 1.61. The van der Waals surface area contributed by atoms with E-state index in [-0.39, 0.29) is 5.91 Å². The molecule has 0 radical (unpaired) electrons. The molecule has 1 amide bonds. The first-order valence-electron chi connectivity index (χ1n) is 6.85. The molecule has 3 rings (SSSR count).